The van der Waals surface area contributed by atoms with Gasteiger partial charge in [0.1, 0.15) is 0 Å². The molecule has 0 spiro atoms. The van der Waals surface area contributed by atoms with Crippen molar-refractivity contribution in [3.05, 3.63) is 23.3 Å². The maximum atomic E-state index is 8.62. The summed E-state index contributed by atoms with van der Waals surface area (Å²) in [6.07, 6.45) is 1.36. The van der Waals surface area contributed by atoms with E-state index in [1.165, 1.54) is 6.21 Å². The minimum absolute atomic E-state index is 0.0129. The molecule has 1 aromatic rings. The summed E-state index contributed by atoms with van der Waals surface area (Å²) in [5.74, 6) is 1.35. The van der Waals surface area contributed by atoms with E-state index in [1.807, 2.05) is 12.1 Å². The predicted octanol–water partition coefficient (Wildman–Crippen LogP) is 2.52. The molecular formula is C12H15NO3. The molecular weight excluding hydrogens is 206 g/mol. The lowest BCUT2D eigenvalue weighted by atomic mass is 9.86. The van der Waals surface area contributed by atoms with Crippen LogP contribution in [0.5, 0.6) is 11.5 Å². The molecule has 0 unspecified atom stereocenters. The molecule has 4 nitrogen and oxygen atoms in total. The first-order valence-corrected chi connectivity index (χ1v) is 5.14. The average Bonchev–Trinajstić information content (AvgIpc) is 2.64. The van der Waals surface area contributed by atoms with Gasteiger partial charge in [0.15, 0.2) is 11.5 Å². The van der Waals surface area contributed by atoms with Gasteiger partial charge in [-0.25, -0.2) is 0 Å². The van der Waals surface area contributed by atoms with Crippen molar-refractivity contribution in [1.29, 1.82) is 0 Å². The van der Waals surface area contributed by atoms with Crippen LogP contribution in [-0.2, 0) is 5.41 Å². The maximum Gasteiger partial charge on any atom is 0.231 e. The van der Waals surface area contributed by atoms with Gasteiger partial charge in [0.25, 0.3) is 0 Å². The lowest BCUT2D eigenvalue weighted by Gasteiger charge is -2.20. The van der Waals surface area contributed by atoms with Gasteiger partial charge in [-0.3, -0.25) is 0 Å². The van der Waals surface area contributed by atoms with Crippen molar-refractivity contribution in [3.63, 3.8) is 0 Å². The lowest BCUT2D eigenvalue weighted by molar-refractivity contribution is 0.173. The third kappa shape index (κ3) is 1.83. The van der Waals surface area contributed by atoms with E-state index in [1.54, 1.807) is 0 Å². The Morgan fingerprint density at radius 3 is 2.69 bits per heavy atom. The Balaban J connectivity index is 2.56. The normalized spacial score (nSPS) is 14.7. The lowest BCUT2D eigenvalue weighted by Crippen LogP contribution is -2.11. The van der Waals surface area contributed by atoms with Crippen molar-refractivity contribution in [2.45, 2.75) is 26.2 Å². The van der Waals surface area contributed by atoms with Crippen LogP contribution in [0.1, 0.15) is 31.9 Å². The van der Waals surface area contributed by atoms with Gasteiger partial charge in [0.05, 0.1) is 6.21 Å². The standard InChI is InChI=1S/C12H15NO3/c1-12(2,3)9-4-8(6-13-14)11-10(5-9)15-7-16-11/h4-6,14H,7H2,1-3H3/b13-6+. The first-order chi connectivity index (χ1) is 7.52. The van der Waals surface area contributed by atoms with E-state index in [4.69, 9.17) is 14.7 Å². The van der Waals surface area contributed by atoms with Crippen LogP contribution in [0.15, 0.2) is 17.3 Å². The summed E-state index contributed by atoms with van der Waals surface area (Å²) in [6.45, 7) is 6.56. The molecule has 0 bridgehead atoms. The fourth-order valence-corrected chi connectivity index (χ4v) is 1.63. The van der Waals surface area contributed by atoms with Crippen LogP contribution in [0.2, 0.25) is 0 Å². The zero-order valence-electron chi connectivity index (χ0n) is 9.65. The molecule has 0 atom stereocenters. The fourth-order valence-electron chi connectivity index (χ4n) is 1.63. The van der Waals surface area contributed by atoms with Crippen molar-refractivity contribution < 1.29 is 14.7 Å². The third-order valence-corrected chi connectivity index (χ3v) is 2.56. The number of ether oxygens (including phenoxy) is 2. The molecule has 4 heteroatoms. The maximum absolute atomic E-state index is 8.62. The highest BCUT2D eigenvalue weighted by Gasteiger charge is 2.23. The molecule has 0 radical (unpaired) electrons. The van der Waals surface area contributed by atoms with Crippen LogP contribution in [0.25, 0.3) is 0 Å². The van der Waals surface area contributed by atoms with Crippen molar-refractivity contribution in [2.24, 2.45) is 5.16 Å². The van der Waals surface area contributed by atoms with Crippen LogP contribution in [0, 0.1) is 0 Å². The second kappa shape index (κ2) is 3.70. The van der Waals surface area contributed by atoms with Crippen LogP contribution >= 0.6 is 0 Å². The molecule has 2 rings (SSSR count). The summed E-state index contributed by atoms with van der Waals surface area (Å²) in [5, 5.41) is 11.7. The van der Waals surface area contributed by atoms with Gasteiger partial charge in [0, 0.05) is 5.56 Å². The smallest absolute Gasteiger partial charge is 0.231 e. The van der Waals surface area contributed by atoms with E-state index in [2.05, 4.69) is 25.9 Å². The second-order valence-corrected chi connectivity index (χ2v) is 4.79. The van der Waals surface area contributed by atoms with Gasteiger partial charge in [-0.15, -0.1) is 0 Å². The number of rotatable bonds is 1. The van der Waals surface area contributed by atoms with E-state index in [0.717, 1.165) is 11.1 Å². The van der Waals surface area contributed by atoms with Crippen molar-refractivity contribution in [3.8, 4) is 11.5 Å². The van der Waals surface area contributed by atoms with Gasteiger partial charge in [-0.1, -0.05) is 25.9 Å². The zero-order chi connectivity index (χ0) is 11.8. The predicted molar refractivity (Wildman–Crippen MR) is 60.6 cm³/mol. The number of fused-ring (bicyclic) bond motifs is 1. The number of hydrogen-bond acceptors (Lipinski definition) is 4. The molecule has 1 aliphatic rings. The molecule has 0 saturated carbocycles. The van der Waals surface area contributed by atoms with Crippen molar-refractivity contribution in [2.75, 3.05) is 6.79 Å². The summed E-state index contributed by atoms with van der Waals surface area (Å²) >= 11 is 0. The number of benzene rings is 1. The Hall–Kier alpha value is -1.71. The molecule has 16 heavy (non-hydrogen) atoms. The largest absolute Gasteiger partial charge is 0.454 e. The topological polar surface area (TPSA) is 51.1 Å². The van der Waals surface area contributed by atoms with Crippen molar-refractivity contribution in [1.82, 2.24) is 0 Å². The highest BCUT2D eigenvalue weighted by molar-refractivity contribution is 5.85. The molecule has 0 fully saturated rings. The van der Waals surface area contributed by atoms with Crippen LogP contribution in [-0.4, -0.2) is 18.2 Å². The molecule has 1 aliphatic heterocycles. The van der Waals surface area contributed by atoms with Crippen molar-refractivity contribution >= 4 is 6.21 Å². The first kappa shape index (κ1) is 10.8. The SMILES string of the molecule is CC(C)(C)c1cc(/C=N/O)c2c(c1)OCO2. The monoisotopic (exact) mass is 221 g/mol. The Bertz CT molecular complexity index is 433. The summed E-state index contributed by atoms with van der Waals surface area (Å²) in [5.41, 5.74) is 1.87. The summed E-state index contributed by atoms with van der Waals surface area (Å²) in [4.78, 5) is 0. The molecule has 0 aromatic heterocycles. The van der Waals surface area contributed by atoms with E-state index in [9.17, 15) is 0 Å². The molecule has 0 saturated heterocycles. The van der Waals surface area contributed by atoms with E-state index >= 15 is 0 Å². The van der Waals surface area contributed by atoms with Gasteiger partial charge < -0.3 is 14.7 Å². The second-order valence-electron chi connectivity index (χ2n) is 4.79. The summed E-state index contributed by atoms with van der Waals surface area (Å²) in [7, 11) is 0. The third-order valence-electron chi connectivity index (χ3n) is 2.56. The highest BCUT2D eigenvalue weighted by atomic mass is 16.7. The Kier molecular flexibility index (Phi) is 2.50. The zero-order valence-corrected chi connectivity index (χ0v) is 9.65. The van der Waals surface area contributed by atoms with Gasteiger partial charge in [-0.2, -0.15) is 0 Å². The molecule has 1 aromatic carbocycles. The fraction of sp³-hybridized carbons (Fsp3) is 0.417. The molecule has 0 aliphatic carbocycles. The average molecular weight is 221 g/mol. The Morgan fingerprint density at radius 1 is 1.31 bits per heavy atom. The Morgan fingerprint density at radius 2 is 2.06 bits per heavy atom. The molecule has 86 valence electrons. The summed E-state index contributed by atoms with van der Waals surface area (Å²) in [6, 6.07) is 3.92. The van der Waals surface area contributed by atoms with E-state index in [-0.39, 0.29) is 12.2 Å². The Labute approximate surface area is 94.5 Å². The number of oxime groups is 1. The molecule has 1 heterocycles. The van der Waals surface area contributed by atoms with Gasteiger partial charge in [0.2, 0.25) is 6.79 Å². The minimum atomic E-state index is 0.0129. The highest BCUT2D eigenvalue weighted by Crippen LogP contribution is 2.39. The van der Waals surface area contributed by atoms with Crippen LogP contribution in [0.4, 0.5) is 0 Å². The minimum Gasteiger partial charge on any atom is -0.454 e. The quantitative estimate of drug-likeness (QED) is 0.450. The summed E-state index contributed by atoms with van der Waals surface area (Å²) < 4.78 is 10.7. The van der Waals surface area contributed by atoms with E-state index < -0.39 is 0 Å². The van der Waals surface area contributed by atoms with Gasteiger partial charge in [-0.05, 0) is 23.1 Å². The first-order valence-electron chi connectivity index (χ1n) is 5.14. The van der Waals surface area contributed by atoms with Crippen LogP contribution in [0.3, 0.4) is 0 Å². The van der Waals surface area contributed by atoms with Gasteiger partial charge >= 0.3 is 0 Å². The number of nitrogens with zero attached hydrogens (tertiary/aromatic N) is 1. The van der Waals surface area contributed by atoms with E-state index in [0.29, 0.717) is 11.5 Å². The molecule has 0 amide bonds. The number of hydrogen-bond donors (Lipinski definition) is 1. The molecule has 1 N–H and O–H groups in total. The van der Waals surface area contributed by atoms with Crippen LogP contribution < -0.4 is 9.47 Å².